The van der Waals surface area contributed by atoms with Crippen LogP contribution in [0.4, 0.5) is 5.82 Å². The highest BCUT2D eigenvalue weighted by Gasteiger charge is 2.31. The summed E-state index contributed by atoms with van der Waals surface area (Å²) in [7, 11) is 0. The zero-order valence-corrected chi connectivity index (χ0v) is 17.6. The summed E-state index contributed by atoms with van der Waals surface area (Å²) >= 11 is 1.87. The Bertz CT molecular complexity index is 865. The molecule has 6 heteroatoms. The SMILES string of the molecule is CC1CCc2c(sc3ncnc(N4CCC(C(=O)N5CCCCC5)CC4)c23)C1. The summed E-state index contributed by atoms with van der Waals surface area (Å²) in [5.41, 5.74) is 1.50. The van der Waals surface area contributed by atoms with Crippen LogP contribution in [-0.2, 0) is 17.6 Å². The molecule has 2 aromatic rings. The fraction of sp³-hybridized carbons (Fsp3) is 0.682. The van der Waals surface area contributed by atoms with Crippen LogP contribution in [0, 0.1) is 11.8 Å². The lowest BCUT2D eigenvalue weighted by Crippen LogP contribution is -2.44. The van der Waals surface area contributed by atoms with Gasteiger partial charge in [0.1, 0.15) is 17.0 Å². The van der Waals surface area contributed by atoms with Gasteiger partial charge in [-0.25, -0.2) is 9.97 Å². The highest BCUT2D eigenvalue weighted by molar-refractivity contribution is 7.19. The first-order chi connectivity index (χ1) is 13.7. The number of piperidine rings is 2. The standard InChI is InChI=1S/C22H30N4OS/c1-15-5-6-17-18(13-15)28-21-19(17)20(23-14-24-21)25-11-7-16(8-12-25)22(27)26-9-3-2-4-10-26/h14-16H,2-13H2,1H3. The quantitative estimate of drug-likeness (QED) is 0.766. The van der Waals surface area contributed by atoms with Gasteiger partial charge in [-0.2, -0.15) is 0 Å². The maximum atomic E-state index is 12.9. The predicted octanol–water partition coefficient (Wildman–Crippen LogP) is 4.05. The number of hydrogen-bond acceptors (Lipinski definition) is 5. The topological polar surface area (TPSA) is 49.3 Å². The monoisotopic (exact) mass is 398 g/mol. The number of amides is 1. The van der Waals surface area contributed by atoms with E-state index in [1.165, 1.54) is 47.9 Å². The zero-order valence-electron chi connectivity index (χ0n) is 16.8. The molecule has 2 fully saturated rings. The molecule has 0 spiro atoms. The molecule has 0 saturated carbocycles. The van der Waals surface area contributed by atoms with Crippen molar-refractivity contribution >= 4 is 33.3 Å². The van der Waals surface area contributed by atoms with Crippen molar-refractivity contribution in [2.75, 3.05) is 31.1 Å². The second-order valence-corrected chi connectivity index (χ2v) is 9.96. The Morgan fingerprint density at radius 2 is 1.86 bits per heavy atom. The maximum Gasteiger partial charge on any atom is 0.225 e. The fourth-order valence-corrected chi connectivity index (χ4v) is 6.55. The largest absolute Gasteiger partial charge is 0.356 e. The third kappa shape index (κ3) is 3.30. The summed E-state index contributed by atoms with van der Waals surface area (Å²) < 4.78 is 0. The maximum absolute atomic E-state index is 12.9. The number of fused-ring (bicyclic) bond motifs is 3. The van der Waals surface area contributed by atoms with Gasteiger partial charge in [-0.05, 0) is 62.8 Å². The van der Waals surface area contributed by atoms with E-state index in [0.29, 0.717) is 5.91 Å². The minimum Gasteiger partial charge on any atom is -0.356 e. The zero-order chi connectivity index (χ0) is 19.1. The number of aryl methyl sites for hydroxylation is 1. The number of carbonyl (C=O) groups excluding carboxylic acids is 1. The van der Waals surface area contributed by atoms with Crippen molar-refractivity contribution < 1.29 is 4.79 Å². The lowest BCUT2D eigenvalue weighted by Gasteiger charge is -2.36. The predicted molar refractivity (Wildman–Crippen MR) is 114 cm³/mol. The first-order valence-electron chi connectivity index (χ1n) is 11.0. The lowest BCUT2D eigenvalue weighted by atomic mass is 9.89. The third-order valence-corrected chi connectivity index (χ3v) is 8.05. The number of aromatic nitrogens is 2. The molecular formula is C22H30N4OS. The molecule has 1 atom stereocenters. The van der Waals surface area contributed by atoms with Gasteiger partial charge in [0.05, 0.1) is 5.39 Å². The van der Waals surface area contributed by atoms with E-state index in [2.05, 4.69) is 21.7 Å². The average molecular weight is 399 g/mol. The molecule has 0 bridgehead atoms. The van der Waals surface area contributed by atoms with Crippen LogP contribution in [0.25, 0.3) is 10.2 Å². The van der Waals surface area contributed by atoms with Crippen LogP contribution in [-0.4, -0.2) is 47.0 Å². The van der Waals surface area contributed by atoms with Crippen molar-refractivity contribution in [2.45, 2.75) is 58.3 Å². The van der Waals surface area contributed by atoms with Crippen LogP contribution in [0.3, 0.4) is 0 Å². The molecule has 2 saturated heterocycles. The van der Waals surface area contributed by atoms with Gasteiger partial charge in [-0.3, -0.25) is 4.79 Å². The Kier molecular flexibility index (Phi) is 4.99. The minimum atomic E-state index is 0.198. The van der Waals surface area contributed by atoms with Crippen LogP contribution in [0.15, 0.2) is 6.33 Å². The minimum absolute atomic E-state index is 0.198. The molecule has 5 rings (SSSR count). The summed E-state index contributed by atoms with van der Waals surface area (Å²) in [5.74, 6) is 2.48. The van der Waals surface area contributed by atoms with Crippen molar-refractivity contribution in [3.8, 4) is 0 Å². The smallest absolute Gasteiger partial charge is 0.225 e. The first-order valence-corrected chi connectivity index (χ1v) is 11.8. The van der Waals surface area contributed by atoms with E-state index in [4.69, 9.17) is 4.98 Å². The van der Waals surface area contributed by atoms with Gasteiger partial charge in [0.25, 0.3) is 0 Å². The van der Waals surface area contributed by atoms with Crippen LogP contribution in [0.1, 0.15) is 55.9 Å². The molecule has 1 unspecified atom stereocenters. The summed E-state index contributed by atoms with van der Waals surface area (Å²) in [6, 6.07) is 0. The first kappa shape index (κ1) is 18.3. The van der Waals surface area contributed by atoms with E-state index in [1.54, 1.807) is 6.33 Å². The molecule has 0 N–H and O–H groups in total. The molecule has 1 aliphatic carbocycles. The number of hydrogen-bond donors (Lipinski definition) is 0. The lowest BCUT2D eigenvalue weighted by molar-refractivity contribution is -0.137. The van der Waals surface area contributed by atoms with E-state index in [-0.39, 0.29) is 5.92 Å². The Morgan fingerprint density at radius 1 is 1.07 bits per heavy atom. The van der Waals surface area contributed by atoms with Crippen molar-refractivity contribution in [1.29, 1.82) is 0 Å². The van der Waals surface area contributed by atoms with Crippen molar-refractivity contribution in [3.63, 3.8) is 0 Å². The van der Waals surface area contributed by atoms with Gasteiger partial charge in [0.2, 0.25) is 5.91 Å². The summed E-state index contributed by atoms with van der Waals surface area (Å²) in [4.78, 5) is 29.4. The third-order valence-electron chi connectivity index (χ3n) is 6.88. The van der Waals surface area contributed by atoms with Crippen molar-refractivity contribution in [2.24, 2.45) is 11.8 Å². The summed E-state index contributed by atoms with van der Waals surface area (Å²) in [5, 5.41) is 1.30. The van der Waals surface area contributed by atoms with E-state index >= 15 is 0 Å². The summed E-state index contributed by atoms with van der Waals surface area (Å²) in [6.45, 7) is 6.13. The molecular weight excluding hydrogens is 368 g/mol. The molecule has 2 aromatic heterocycles. The second kappa shape index (κ2) is 7.62. The van der Waals surface area contributed by atoms with Gasteiger partial charge in [0.15, 0.2) is 0 Å². The highest BCUT2D eigenvalue weighted by Crippen LogP contribution is 2.41. The van der Waals surface area contributed by atoms with Gasteiger partial charge in [-0.15, -0.1) is 11.3 Å². The molecule has 0 radical (unpaired) electrons. The Hall–Kier alpha value is -1.69. The number of thiophene rings is 1. The number of anilines is 1. The van der Waals surface area contributed by atoms with E-state index in [0.717, 1.165) is 62.0 Å². The molecule has 0 aromatic carbocycles. The molecule has 1 amide bonds. The molecule has 2 aliphatic heterocycles. The Morgan fingerprint density at radius 3 is 2.64 bits per heavy atom. The van der Waals surface area contributed by atoms with Crippen molar-refractivity contribution in [1.82, 2.24) is 14.9 Å². The van der Waals surface area contributed by atoms with E-state index in [1.807, 2.05) is 11.3 Å². The van der Waals surface area contributed by atoms with Crippen LogP contribution >= 0.6 is 11.3 Å². The van der Waals surface area contributed by atoms with Crippen LogP contribution < -0.4 is 4.90 Å². The second-order valence-electron chi connectivity index (χ2n) is 8.88. The van der Waals surface area contributed by atoms with Gasteiger partial charge >= 0.3 is 0 Å². The van der Waals surface area contributed by atoms with E-state index in [9.17, 15) is 4.79 Å². The molecule has 4 heterocycles. The van der Waals surface area contributed by atoms with Gasteiger partial charge < -0.3 is 9.80 Å². The highest BCUT2D eigenvalue weighted by atomic mass is 32.1. The Labute approximate surface area is 171 Å². The fourth-order valence-electron chi connectivity index (χ4n) is 5.21. The van der Waals surface area contributed by atoms with Crippen molar-refractivity contribution in [3.05, 3.63) is 16.8 Å². The van der Waals surface area contributed by atoms with Crippen LogP contribution in [0.2, 0.25) is 0 Å². The average Bonchev–Trinajstić information content (AvgIpc) is 3.11. The van der Waals surface area contributed by atoms with Gasteiger partial charge in [0, 0.05) is 37.0 Å². The number of carbonyl (C=O) groups is 1. The molecule has 150 valence electrons. The normalized spacial score (nSPS) is 23.8. The molecule has 3 aliphatic rings. The number of nitrogens with zero attached hydrogens (tertiary/aromatic N) is 4. The molecule has 28 heavy (non-hydrogen) atoms. The van der Waals surface area contributed by atoms with E-state index < -0.39 is 0 Å². The number of rotatable bonds is 2. The van der Waals surface area contributed by atoms with Gasteiger partial charge in [-0.1, -0.05) is 6.92 Å². The molecule has 5 nitrogen and oxygen atoms in total. The number of likely N-dealkylation sites (tertiary alicyclic amines) is 1. The Balaban J connectivity index is 1.34. The van der Waals surface area contributed by atoms with Crippen LogP contribution in [0.5, 0.6) is 0 Å². The summed E-state index contributed by atoms with van der Waals surface area (Å²) in [6.07, 6.45) is 10.8.